The van der Waals surface area contributed by atoms with Crippen molar-refractivity contribution in [1.29, 1.82) is 0 Å². The van der Waals surface area contributed by atoms with Gasteiger partial charge in [-0.1, -0.05) is 13.0 Å². The molecule has 1 atom stereocenters. The molecule has 0 radical (unpaired) electrons. The summed E-state index contributed by atoms with van der Waals surface area (Å²) in [6, 6.07) is 0.223. The van der Waals surface area contributed by atoms with Gasteiger partial charge in [0.15, 0.2) is 17.0 Å². The van der Waals surface area contributed by atoms with Gasteiger partial charge in [0.05, 0.1) is 37.8 Å². The van der Waals surface area contributed by atoms with Gasteiger partial charge >= 0.3 is 6.55 Å². The van der Waals surface area contributed by atoms with Crippen LogP contribution in [0.25, 0.3) is 16.9 Å². The highest BCUT2D eigenvalue weighted by Gasteiger charge is 2.47. The predicted molar refractivity (Wildman–Crippen MR) is 149 cm³/mol. The van der Waals surface area contributed by atoms with E-state index in [0.29, 0.717) is 59.6 Å². The van der Waals surface area contributed by atoms with Gasteiger partial charge in [-0.3, -0.25) is 14.2 Å². The molecule has 2 saturated carbocycles. The summed E-state index contributed by atoms with van der Waals surface area (Å²) in [4.78, 5) is 40.4. The lowest BCUT2D eigenvalue weighted by atomic mass is 9.57. The second-order valence-electron chi connectivity index (χ2n) is 11.2. The molecular formula is C27H34F2N10O3. The predicted octanol–water partition coefficient (Wildman–Crippen LogP) is 2.17. The van der Waals surface area contributed by atoms with Crippen molar-refractivity contribution in [2.45, 2.75) is 57.2 Å². The zero-order chi connectivity index (χ0) is 29.3. The number of hydrogen-bond donors (Lipinski definition) is 3. The molecule has 1 spiro atoms. The van der Waals surface area contributed by atoms with Gasteiger partial charge in [0.1, 0.15) is 6.33 Å². The normalized spacial score (nSPS) is 24.0. The van der Waals surface area contributed by atoms with E-state index in [9.17, 15) is 18.4 Å². The number of halogens is 2. The smallest absolute Gasteiger partial charge is 0.333 e. The first-order chi connectivity index (χ1) is 20.3. The third-order valence-corrected chi connectivity index (χ3v) is 8.36. The molecule has 1 saturated heterocycles. The minimum absolute atomic E-state index is 0.0215. The first kappa shape index (κ1) is 28.0. The highest BCUT2D eigenvalue weighted by atomic mass is 19.3. The SMILES string of the molecule is C=CC(=O)NC1CCCC2(C1)CC(NC(=O)CNc1nc(N3CCOCC3)nc3c1ncn3-c1cnn(C(F)F)c1)C2. The van der Waals surface area contributed by atoms with E-state index in [1.807, 2.05) is 4.90 Å². The first-order valence-corrected chi connectivity index (χ1v) is 14.2. The average molecular weight is 585 g/mol. The number of nitrogens with one attached hydrogen (secondary N) is 3. The second kappa shape index (κ2) is 11.6. The Balaban J connectivity index is 1.13. The number of anilines is 2. The van der Waals surface area contributed by atoms with E-state index in [1.165, 1.54) is 24.8 Å². The zero-order valence-corrected chi connectivity index (χ0v) is 23.1. The quantitative estimate of drug-likeness (QED) is 0.322. The molecule has 3 aromatic heterocycles. The summed E-state index contributed by atoms with van der Waals surface area (Å²) in [5.41, 5.74) is 1.34. The monoisotopic (exact) mass is 584 g/mol. The highest BCUT2D eigenvalue weighted by molar-refractivity contribution is 5.88. The van der Waals surface area contributed by atoms with Crippen LogP contribution in [-0.2, 0) is 14.3 Å². The Morgan fingerprint density at radius 1 is 1.17 bits per heavy atom. The standard InChI is InChI=1S/C27H34F2N10O3/c1-2-20(40)33-17-4-3-5-27(10-17)11-18(12-27)34-21(41)14-30-23-22-24(36-26(35-23)37-6-8-42-9-7-37)38(16-31-22)19-13-32-39(15-19)25(28)29/h2,13,15-18,25H,1,3-12,14H2,(H,33,40)(H,34,41)(H,30,35,36). The molecule has 2 aliphatic carbocycles. The molecule has 42 heavy (non-hydrogen) atoms. The van der Waals surface area contributed by atoms with Crippen LogP contribution in [0.4, 0.5) is 20.5 Å². The molecule has 2 amide bonds. The number of fused-ring (bicyclic) bond motifs is 1. The van der Waals surface area contributed by atoms with Crippen LogP contribution >= 0.6 is 0 Å². The molecule has 15 heteroatoms. The molecule has 3 aromatic rings. The summed E-state index contributed by atoms with van der Waals surface area (Å²) in [5, 5.41) is 13.0. The number of alkyl halides is 2. The van der Waals surface area contributed by atoms with Crippen molar-refractivity contribution in [3.05, 3.63) is 31.4 Å². The van der Waals surface area contributed by atoms with Gasteiger partial charge in [-0.15, -0.1) is 0 Å². The zero-order valence-electron chi connectivity index (χ0n) is 23.1. The van der Waals surface area contributed by atoms with Crippen LogP contribution < -0.4 is 20.9 Å². The molecule has 3 N–H and O–H groups in total. The Kier molecular flexibility index (Phi) is 7.75. The summed E-state index contributed by atoms with van der Waals surface area (Å²) < 4.78 is 33.9. The van der Waals surface area contributed by atoms with Gasteiger partial charge in [0, 0.05) is 25.2 Å². The van der Waals surface area contributed by atoms with Gasteiger partial charge in [-0.05, 0) is 43.6 Å². The minimum Gasteiger partial charge on any atom is -0.378 e. The average Bonchev–Trinajstić information content (AvgIpc) is 3.63. The number of ether oxygens (including phenoxy) is 1. The van der Waals surface area contributed by atoms with E-state index < -0.39 is 6.55 Å². The minimum atomic E-state index is -2.77. The molecular weight excluding hydrogens is 550 g/mol. The van der Waals surface area contributed by atoms with Gasteiger partial charge in [0.2, 0.25) is 17.8 Å². The summed E-state index contributed by atoms with van der Waals surface area (Å²) in [6.07, 6.45) is 11.1. The van der Waals surface area contributed by atoms with E-state index in [4.69, 9.17) is 4.74 Å². The number of rotatable bonds is 9. The molecule has 1 aliphatic heterocycles. The van der Waals surface area contributed by atoms with Gasteiger partial charge in [-0.25, -0.2) is 9.67 Å². The number of aromatic nitrogens is 6. The van der Waals surface area contributed by atoms with Crippen LogP contribution in [-0.4, -0.2) is 86.0 Å². The van der Waals surface area contributed by atoms with Crippen molar-refractivity contribution in [3.63, 3.8) is 0 Å². The van der Waals surface area contributed by atoms with Gasteiger partial charge in [-0.2, -0.15) is 23.8 Å². The molecule has 6 rings (SSSR count). The fourth-order valence-corrected chi connectivity index (χ4v) is 6.40. The van der Waals surface area contributed by atoms with Crippen LogP contribution in [0.1, 0.15) is 45.1 Å². The van der Waals surface area contributed by atoms with Crippen LogP contribution in [0.3, 0.4) is 0 Å². The number of amides is 2. The Labute approximate surface area is 240 Å². The summed E-state index contributed by atoms with van der Waals surface area (Å²) in [6.45, 7) is 2.97. The number of imidazole rings is 1. The lowest BCUT2D eigenvalue weighted by molar-refractivity contribution is -0.122. The lowest BCUT2D eigenvalue weighted by Gasteiger charge is -2.52. The van der Waals surface area contributed by atoms with Crippen LogP contribution in [0, 0.1) is 5.41 Å². The maximum Gasteiger partial charge on any atom is 0.333 e. The molecule has 224 valence electrons. The fraction of sp³-hybridized carbons (Fsp3) is 0.556. The van der Waals surface area contributed by atoms with Crippen molar-refractivity contribution >= 4 is 34.7 Å². The topological polar surface area (TPSA) is 144 Å². The van der Waals surface area contributed by atoms with Gasteiger partial charge < -0.3 is 25.6 Å². The van der Waals surface area contributed by atoms with E-state index in [1.54, 1.807) is 4.57 Å². The third kappa shape index (κ3) is 5.78. The van der Waals surface area contributed by atoms with Crippen LogP contribution in [0.5, 0.6) is 0 Å². The van der Waals surface area contributed by atoms with Crippen LogP contribution in [0.15, 0.2) is 31.4 Å². The van der Waals surface area contributed by atoms with Crippen molar-refractivity contribution in [2.24, 2.45) is 5.41 Å². The number of carbonyl (C=O) groups excluding carboxylic acids is 2. The number of nitrogens with zero attached hydrogens (tertiary/aromatic N) is 7. The molecule has 1 unspecified atom stereocenters. The summed E-state index contributed by atoms with van der Waals surface area (Å²) in [5.74, 6) is 0.485. The van der Waals surface area contributed by atoms with E-state index >= 15 is 0 Å². The van der Waals surface area contributed by atoms with Crippen molar-refractivity contribution in [2.75, 3.05) is 43.1 Å². The number of morpholine rings is 1. The Morgan fingerprint density at radius 2 is 1.95 bits per heavy atom. The van der Waals surface area contributed by atoms with Gasteiger partial charge in [0.25, 0.3) is 0 Å². The second-order valence-corrected chi connectivity index (χ2v) is 11.2. The van der Waals surface area contributed by atoms with E-state index in [-0.39, 0.29) is 35.9 Å². The molecule has 3 aliphatic rings. The van der Waals surface area contributed by atoms with E-state index in [0.717, 1.165) is 38.5 Å². The Bertz CT molecular complexity index is 1460. The number of carbonyl (C=O) groups is 2. The molecule has 0 aromatic carbocycles. The maximum absolute atomic E-state index is 13.1. The van der Waals surface area contributed by atoms with Crippen molar-refractivity contribution in [1.82, 2.24) is 39.9 Å². The molecule has 0 bridgehead atoms. The Morgan fingerprint density at radius 3 is 2.69 bits per heavy atom. The number of hydrogen-bond acceptors (Lipinski definition) is 9. The fourth-order valence-electron chi connectivity index (χ4n) is 6.40. The molecule has 4 heterocycles. The first-order valence-electron chi connectivity index (χ1n) is 14.2. The summed E-state index contributed by atoms with van der Waals surface area (Å²) >= 11 is 0. The van der Waals surface area contributed by atoms with Crippen LogP contribution in [0.2, 0.25) is 0 Å². The third-order valence-electron chi connectivity index (χ3n) is 8.36. The molecule has 13 nitrogen and oxygen atoms in total. The molecule has 3 fully saturated rings. The summed E-state index contributed by atoms with van der Waals surface area (Å²) in [7, 11) is 0. The van der Waals surface area contributed by atoms with Crippen molar-refractivity contribution < 1.29 is 23.1 Å². The maximum atomic E-state index is 13.1. The largest absolute Gasteiger partial charge is 0.378 e. The van der Waals surface area contributed by atoms with Crippen molar-refractivity contribution in [3.8, 4) is 5.69 Å². The van der Waals surface area contributed by atoms with E-state index in [2.05, 4.69) is 42.6 Å². The highest BCUT2D eigenvalue weighted by Crippen LogP contribution is 2.51. The Hall–Kier alpha value is -4.14. The lowest BCUT2D eigenvalue weighted by Crippen LogP contribution is -2.55.